The van der Waals surface area contributed by atoms with Gasteiger partial charge in [0.1, 0.15) is 0 Å². The summed E-state index contributed by atoms with van der Waals surface area (Å²) in [6, 6.07) is 0. The molecule has 1 rings (SSSR count). The zero-order valence-electron chi connectivity index (χ0n) is 11.5. The standard InChI is InChI=1S/C13H27N3O/c1-13(2,14-3)12(17)15-8-7-11-16-9-5-4-6-10-16/h14H,4-11H2,1-3H3,(H,15,17). The summed E-state index contributed by atoms with van der Waals surface area (Å²) in [6.07, 6.45) is 5.09. The van der Waals surface area contributed by atoms with E-state index in [0.29, 0.717) is 0 Å². The van der Waals surface area contributed by atoms with Crippen molar-refractivity contribution in [2.75, 3.05) is 33.2 Å². The van der Waals surface area contributed by atoms with Gasteiger partial charge in [-0.3, -0.25) is 4.79 Å². The lowest BCUT2D eigenvalue weighted by molar-refractivity contribution is -0.126. The minimum absolute atomic E-state index is 0.0821. The van der Waals surface area contributed by atoms with E-state index in [2.05, 4.69) is 15.5 Å². The van der Waals surface area contributed by atoms with Crippen molar-refractivity contribution in [3.63, 3.8) is 0 Å². The predicted molar refractivity (Wildman–Crippen MR) is 71.1 cm³/mol. The summed E-state index contributed by atoms with van der Waals surface area (Å²) < 4.78 is 0. The van der Waals surface area contributed by atoms with E-state index in [4.69, 9.17) is 0 Å². The first-order valence-corrected chi connectivity index (χ1v) is 6.76. The van der Waals surface area contributed by atoms with Gasteiger partial charge in [0.15, 0.2) is 0 Å². The van der Waals surface area contributed by atoms with Crippen molar-refractivity contribution in [1.29, 1.82) is 0 Å². The number of piperidine rings is 1. The maximum Gasteiger partial charge on any atom is 0.239 e. The fourth-order valence-corrected chi connectivity index (χ4v) is 2.02. The zero-order chi connectivity index (χ0) is 12.7. The molecule has 0 aromatic rings. The van der Waals surface area contributed by atoms with Crippen molar-refractivity contribution < 1.29 is 4.79 Å². The average molecular weight is 241 g/mol. The van der Waals surface area contributed by atoms with E-state index in [1.807, 2.05) is 20.9 Å². The average Bonchev–Trinajstić information content (AvgIpc) is 2.35. The van der Waals surface area contributed by atoms with Gasteiger partial charge in [-0.2, -0.15) is 0 Å². The Kier molecular flexibility index (Phi) is 5.92. The molecule has 4 nitrogen and oxygen atoms in total. The van der Waals surface area contributed by atoms with E-state index in [1.165, 1.54) is 32.4 Å². The number of rotatable bonds is 6. The molecule has 1 aliphatic rings. The van der Waals surface area contributed by atoms with Gasteiger partial charge >= 0.3 is 0 Å². The third-order valence-electron chi connectivity index (χ3n) is 3.58. The van der Waals surface area contributed by atoms with Gasteiger partial charge < -0.3 is 15.5 Å². The molecule has 4 heteroatoms. The Hall–Kier alpha value is -0.610. The molecule has 0 bridgehead atoms. The van der Waals surface area contributed by atoms with Crippen LogP contribution in [0.25, 0.3) is 0 Å². The van der Waals surface area contributed by atoms with E-state index in [-0.39, 0.29) is 5.91 Å². The quantitative estimate of drug-likeness (QED) is 0.681. The maximum atomic E-state index is 11.8. The molecule has 1 saturated heterocycles. The summed E-state index contributed by atoms with van der Waals surface area (Å²) in [5.74, 6) is 0.0821. The molecule has 0 aromatic carbocycles. The summed E-state index contributed by atoms with van der Waals surface area (Å²) in [6.45, 7) is 8.15. The fraction of sp³-hybridized carbons (Fsp3) is 0.923. The first-order valence-electron chi connectivity index (χ1n) is 6.76. The van der Waals surface area contributed by atoms with Crippen LogP contribution < -0.4 is 10.6 Å². The van der Waals surface area contributed by atoms with Gasteiger partial charge in [0.2, 0.25) is 5.91 Å². The van der Waals surface area contributed by atoms with Crippen LogP contribution >= 0.6 is 0 Å². The van der Waals surface area contributed by atoms with E-state index < -0.39 is 5.54 Å². The van der Waals surface area contributed by atoms with Gasteiger partial charge in [-0.15, -0.1) is 0 Å². The Labute approximate surface area is 105 Å². The van der Waals surface area contributed by atoms with Crippen LogP contribution in [0.4, 0.5) is 0 Å². The summed E-state index contributed by atoms with van der Waals surface area (Å²) in [7, 11) is 1.81. The highest BCUT2D eigenvalue weighted by Gasteiger charge is 2.24. The molecule has 1 aliphatic heterocycles. The Morgan fingerprint density at radius 2 is 1.88 bits per heavy atom. The van der Waals surface area contributed by atoms with Crippen molar-refractivity contribution in [2.24, 2.45) is 0 Å². The number of carbonyl (C=O) groups is 1. The van der Waals surface area contributed by atoms with Crippen LogP contribution in [0.1, 0.15) is 39.5 Å². The third-order valence-corrected chi connectivity index (χ3v) is 3.58. The predicted octanol–water partition coefficient (Wildman–Crippen LogP) is 0.977. The molecule has 2 N–H and O–H groups in total. The number of likely N-dealkylation sites (tertiary alicyclic amines) is 1. The number of likely N-dealkylation sites (N-methyl/N-ethyl adjacent to an activating group) is 1. The lowest BCUT2D eigenvalue weighted by Crippen LogP contribution is -2.51. The van der Waals surface area contributed by atoms with Gasteiger partial charge in [0.05, 0.1) is 5.54 Å². The van der Waals surface area contributed by atoms with Crippen LogP contribution in [-0.2, 0) is 4.79 Å². The SMILES string of the molecule is CNC(C)(C)C(=O)NCCCN1CCCCC1. The monoisotopic (exact) mass is 241 g/mol. The molecule has 0 spiro atoms. The molecule has 0 aliphatic carbocycles. The maximum absolute atomic E-state index is 11.8. The van der Waals surface area contributed by atoms with E-state index in [9.17, 15) is 4.79 Å². The van der Waals surface area contributed by atoms with Gasteiger partial charge in [0.25, 0.3) is 0 Å². The topological polar surface area (TPSA) is 44.4 Å². The summed E-state index contributed by atoms with van der Waals surface area (Å²) in [5.41, 5.74) is -0.467. The Balaban J connectivity index is 2.09. The lowest BCUT2D eigenvalue weighted by atomic mass is 10.1. The van der Waals surface area contributed by atoms with Gasteiger partial charge in [-0.05, 0) is 59.8 Å². The highest BCUT2D eigenvalue weighted by atomic mass is 16.2. The van der Waals surface area contributed by atoms with Crippen molar-refractivity contribution >= 4 is 5.91 Å². The second-order valence-corrected chi connectivity index (χ2v) is 5.39. The third kappa shape index (κ3) is 5.04. The number of carbonyl (C=O) groups excluding carboxylic acids is 1. The lowest BCUT2D eigenvalue weighted by Gasteiger charge is -2.27. The van der Waals surface area contributed by atoms with Gasteiger partial charge in [0, 0.05) is 6.54 Å². The van der Waals surface area contributed by atoms with Crippen molar-refractivity contribution in [1.82, 2.24) is 15.5 Å². The molecule has 0 saturated carbocycles. The van der Waals surface area contributed by atoms with E-state index in [1.54, 1.807) is 0 Å². The number of nitrogens with one attached hydrogen (secondary N) is 2. The first kappa shape index (κ1) is 14.5. The van der Waals surface area contributed by atoms with Gasteiger partial charge in [-0.25, -0.2) is 0 Å². The Morgan fingerprint density at radius 1 is 1.24 bits per heavy atom. The molecule has 100 valence electrons. The molecule has 1 amide bonds. The summed E-state index contributed by atoms with van der Waals surface area (Å²) in [4.78, 5) is 14.3. The second kappa shape index (κ2) is 6.97. The molecule has 0 unspecified atom stereocenters. The highest BCUT2D eigenvalue weighted by Crippen LogP contribution is 2.08. The molecule has 1 fully saturated rings. The Morgan fingerprint density at radius 3 is 2.47 bits per heavy atom. The van der Waals surface area contributed by atoms with Crippen LogP contribution in [0.15, 0.2) is 0 Å². The molecule has 1 heterocycles. The zero-order valence-corrected chi connectivity index (χ0v) is 11.5. The van der Waals surface area contributed by atoms with Crippen LogP contribution in [-0.4, -0.2) is 49.6 Å². The molecular formula is C13H27N3O. The van der Waals surface area contributed by atoms with Crippen molar-refractivity contribution in [2.45, 2.75) is 45.1 Å². The number of nitrogens with zero attached hydrogens (tertiary/aromatic N) is 1. The van der Waals surface area contributed by atoms with Crippen LogP contribution in [0.5, 0.6) is 0 Å². The number of amides is 1. The molecule has 0 aromatic heterocycles. The van der Waals surface area contributed by atoms with Crippen LogP contribution in [0.3, 0.4) is 0 Å². The summed E-state index contributed by atoms with van der Waals surface area (Å²) >= 11 is 0. The minimum atomic E-state index is -0.467. The van der Waals surface area contributed by atoms with E-state index in [0.717, 1.165) is 19.5 Å². The largest absolute Gasteiger partial charge is 0.354 e. The van der Waals surface area contributed by atoms with Crippen LogP contribution in [0, 0.1) is 0 Å². The number of hydrogen-bond donors (Lipinski definition) is 2. The van der Waals surface area contributed by atoms with E-state index >= 15 is 0 Å². The first-order chi connectivity index (χ1) is 8.06. The molecule has 17 heavy (non-hydrogen) atoms. The fourth-order valence-electron chi connectivity index (χ4n) is 2.02. The van der Waals surface area contributed by atoms with Gasteiger partial charge in [-0.1, -0.05) is 6.42 Å². The highest BCUT2D eigenvalue weighted by molar-refractivity contribution is 5.85. The molecule has 0 radical (unpaired) electrons. The smallest absolute Gasteiger partial charge is 0.239 e. The van der Waals surface area contributed by atoms with Crippen LogP contribution in [0.2, 0.25) is 0 Å². The van der Waals surface area contributed by atoms with Crippen molar-refractivity contribution in [3.8, 4) is 0 Å². The van der Waals surface area contributed by atoms with Crippen molar-refractivity contribution in [3.05, 3.63) is 0 Å². The molecule has 0 atom stereocenters. The summed E-state index contributed by atoms with van der Waals surface area (Å²) in [5, 5.41) is 5.99. The number of hydrogen-bond acceptors (Lipinski definition) is 3. The second-order valence-electron chi connectivity index (χ2n) is 5.39. The normalized spacial score (nSPS) is 18.1. The molecular weight excluding hydrogens is 214 g/mol. The minimum Gasteiger partial charge on any atom is -0.354 e. The Bertz CT molecular complexity index is 235.